The molecule has 0 aromatic rings. The average molecular weight is 476 g/mol. The van der Waals surface area contributed by atoms with E-state index in [1.165, 1.54) is 0 Å². The van der Waals surface area contributed by atoms with E-state index in [1.807, 2.05) is 13.8 Å². The van der Waals surface area contributed by atoms with Crippen molar-refractivity contribution in [2.24, 2.45) is 23.7 Å². The van der Waals surface area contributed by atoms with Gasteiger partial charge in [-0.2, -0.15) is 0 Å². The molecule has 7 heteroatoms. The molecule has 0 amide bonds. The minimum absolute atomic E-state index is 0.0337. The molecule has 3 aliphatic carbocycles. The van der Waals surface area contributed by atoms with Gasteiger partial charge in [-0.15, -0.1) is 0 Å². The highest BCUT2D eigenvalue weighted by Gasteiger charge is 2.70. The second kappa shape index (κ2) is 6.63. The standard InChI is InChI=1S/C19H25IO6/c1-3-19(2,20)18(23)26-15-11-8-10-13(17(22)25-14(10)15)12(11)16(21)24-9-6-4-5-7-9/h9-15H,3-8H2,1-2H3. The Kier molecular flexibility index (Phi) is 4.72. The van der Waals surface area contributed by atoms with E-state index in [-0.39, 0.29) is 35.8 Å². The molecule has 1 saturated heterocycles. The molecule has 7 atom stereocenters. The van der Waals surface area contributed by atoms with Crippen molar-refractivity contribution in [2.45, 2.75) is 74.1 Å². The molecule has 4 aliphatic rings. The zero-order valence-electron chi connectivity index (χ0n) is 15.1. The van der Waals surface area contributed by atoms with Gasteiger partial charge in [0.05, 0.1) is 11.8 Å². The van der Waals surface area contributed by atoms with E-state index >= 15 is 0 Å². The Morgan fingerprint density at radius 3 is 2.58 bits per heavy atom. The van der Waals surface area contributed by atoms with Crippen molar-refractivity contribution >= 4 is 40.5 Å². The van der Waals surface area contributed by atoms with E-state index < -0.39 is 27.5 Å². The van der Waals surface area contributed by atoms with Crippen LogP contribution in [0.5, 0.6) is 0 Å². The molecular weight excluding hydrogens is 451 g/mol. The summed E-state index contributed by atoms with van der Waals surface area (Å²) in [6.45, 7) is 3.76. The largest absolute Gasteiger partial charge is 0.462 e. The highest BCUT2D eigenvalue weighted by atomic mass is 127. The Bertz CT molecular complexity index is 626. The summed E-state index contributed by atoms with van der Waals surface area (Å²) in [6.07, 6.45) is 4.31. The van der Waals surface area contributed by atoms with E-state index in [0.717, 1.165) is 25.7 Å². The molecule has 26 heavy (non-hydrogen) atoms. The van der Waals surface area contributed by atoms with Crippen LogP contribution in [0.1, 0.15) is 52.4 Å². The molecule has 3 saturated carbocycles. The maximum Gasteiger partial charge on any atom is 0.322 e. The summed E-state index contributed by atoms with van der Waals surface area (Å²) in [6, 6.07) is 0. The topological polar surface area (TPSA) is 78.9 Å². The van der Waals surface area contributed by atoms with Gasteiger partial charge in [-0.05, 0) is 45.4 Å². The van der Waals surface area contributed by atoms with Crippen LogP contribution in [-0.4, -0.2) is 39.6 Å². The number of carbonyl (C=O) groups is 3. The predicted molar refractivity (Wildman–Crippen MR) is 99.4 cm³/mol. The van der Waals surface area contributed by atoms with Gasteiger partial charge in [0.15, 0.2) is 0 Å². The minimum atomic E-state index is -0.624. The molecule has 0 N–H and O–H groups in total. The van der Waals surface area contributed by atoms with E-state index in [9.17, 15) is 14.4 Å². The first-order chi connectivity index (χ1) is 12.3. The summed E-state index contributed by atoms with van der Waals surface area (Å²) in [4.78, 5) is 37.7. The highest BCUT2D eigenvalue weighted by molar-refractivity contribution is 14.1. The maximum absolute atomic E-state index is 12.8. The molecule has 1 heterocycles. The first-order valence-electron chi connectivity index (χ1n) is 9.64. The zero-order valence-corrected chi connectivity index (χ0v) is 17.3. The number of alkyl halides is 1. The molecule has 0 spiro atoms. The smallest absolute Gasteiger partial charge is 0.322 e. The van der Waals surface area contributed by atoms with Crippen molar-refractivity contribution in [1.29, 1.82) is 0 Å². The lowest BCUT2D eigenvalue weighted by Crippen LogP contribution is -2.46. The predicted octanol–water partition coefficient (Wildman–Crippen LogP) is 2.80. The van der Waals surface area contributed by atoms with Crippen LogP contribution in [0.2, 0.25) is 0 Å². The van der Waals surface area contributed by atoms with Crippen molar-refractivity contribution in [3.05, 3.63) is 0 Å². The summed E-state index contributed by atoms with van der Waals surface area (Å²) in [7, 11) is 0. The second-order valence-electron chi connectivity index (χ2n) is 8.28. The molecule has 0 aromatic carbocycles. The molecule has 7 unspecified atom stereocenters. The first-order valence-corrected chi connectivity index (χ1v) is 10.7. The molecule has 2 bridgehead atoms. The Balaban J connectivity index is 1.52. The van der Waals surface area contributed by atoms with Gasteiger partial charge in [0.2, 0.25) is 0 Å². The van der Waals surface area contributed by atoms with Crippen LogP contribution in [-0.2, 0) is 28.6 Å². The van der Waals surface area contributed by atoms with Crippen molar-refractivity contribution < 1.29 is 28.6 Å². The SMILES string of the molecule is CCC(C)(I)C(=O)OC1C2CC3C1OC(=O)C3C2C(=O)OC1CCCC1. The van der Waals surface area contributed by atoms with Crippen LogP contribution in [0.3, 0.4) is 0 Å². The lowest BCUT2D eigenvalue weighted by atomic mass is 9.78. The third kappa shape index (κ3) is 2.85. The molecular formula is C19H25IO6. The van der Waals surface area contributed by atoms with Crippen LogP contribution in [0.4, 0.5) is 0 Å². The van der Waals surface area contributed by atoms with Crippen LogP contribution < -0.4 is 0 Å². The molecule has 144 valence electrons. The molecule has 0 radical (unpaired) electrons. The van der Waals surface area contributed by atoms with Crippen LogP contribution in [0, 0.1) is 23.7 Å². The average Bonchev–Trinajstić information content (AvgIpc) is 3.33. The van der Waals surface area contributed by atoms with E-state index in [1.54, 1.807) is 0 Å². The third-order valence-corrected chi connectivity index (χ3v) is 7.94. The first kappa shape index (κ1) is 18.5. The van der Waals surface area contributed by atoms with E-state index in [0.29, 0.717) is 12.8 Å². The van der Waals surface area contributed by atoms with Crippen LogP contribution in [0.15, 0.2) is 0 Å². The monoisotopic (exact) mass is 476 g/mol. The number of esters is 3. The fourth-order valence-electron chi connectivity index (χ4n) is 5.11. The summed E-state index contributed by atoms with van der Waals surface area (Å²) in [5.74, 6) is -2.11. The van der Waals surface area contributed by atoms with Crippen LogP contribution >= 0.6 is 22.6 Å². The third-order valence-electron chi connectivity index (χ3n) is 6.74. The van der Waals surface area contributed by atoms with E-state index in [2.05, 4.69) is 22.6 Å². The van der Waals surface area contributed by atoms with Crippen molar-refractivity contribution in [2.75, 3.05) is 0 Å². The number of rotatable bonds is 5. The van der Waals surface area contributed by atoms with Crippen molar-refractivity contribution in [1.82, 2.24) is 0 Å². The van der Waals surface area contributed by atoms with Gasteiger partial charge in [-0.25, -0.2) is 0 Å². The number of fused-ring (bicyclic) bond motifs is 1. The summed E-state index contributed by atoms with van der Waals surface area (Å²) in [5, 5.41) is 0. The number of ether oxygens (including phenoxy) is 3. The van der Waals surface area contributed by atoms with E-state index in [4.69, 9.17) is 14.2 Å². The number of hydrogen-bond donors (Lipinski definition) is 0. The quantitative estimate of drug-likeness (QED) is 0.263. The maximum atomic E-state index is 12.8. The summed E-state index contributed by atoms with van der Waals surface area (Å²) < 4.78 is 16.4. The van der Waals surface area contributed by atoms with Gasteiger partial charge in [0.1, 0.15) is 21.7 Å². The van der Waals surface area contributed by atoms with Crippen LogP contribution in [0.25, 0.3) is 0 Å². The zero-order chi connectivity index (χ0) is 18.6. The van der Waals surface area contributed by atoms with Gasteiger partial charge in [-0.1, -0.05) is 29.5 Å². The fourth-order valence-corrected chi connectivity index (χ4v) is 5.24. The Labute approximate surface area is 166 Å². The lowest BCUT2D eigenvalue weighted by molar-refractivity contribution is -0.169. The normalized spacial score (nSPS) is 40.3. The lowest BCUT2D eigenvalue weighted by Gasteiger charge is -2.32. The van der Waals surface area contributed by atoms with Gasteiger partial charge >= 0.3 is 17.9 Å². The molecule has 1 aliphatic heterocycles. The molecule has 4 rings (SSSR count). The van der Waals surface area contributed by atoms with Crippen molar-refractivity contribution in [3.8, 4) is 0 Å². The number of carbonyl (C=O) groups excluding carboxylic acids is 3. The second-order valence-corrected chi connectivity index (χ2v) is 10.7. The number of halogens is 1. The van der Waals surface area contributed by atoms with Gasteiger partial charge < -0.3 is 14.2 Å². The Hall–Kier alpha value is -0.860. The number of hydrogen-bond acceptors (Lipinski definition) is 6. The van der Waals surface area contributed by atoms with Gasteiger partial charge in [-0.3, -0.25) is 14.4 Å². The van der Waals surface area contributed by atoms with Gasteiger partial charge in [0, 0.05) is 11.8 Å². The molecule has 4 fully saturated rings. The minimum Gasteiger partial charge on any atom is -0.462 e. The summed E-state index contributed by atoms with van der Waals surface area (Å²) in [5.41, 5.74) is 0. The molecule has 0 aromatic heterocycles. The Morgan fingerprint density at radius 2 is 1.92 bits per heavy atom. The van der Waals surface area contributed by atoms with Crippen molar-refractivity contribution in [3.63, 3.8) is 0 Å². The van der Waals surface area contributed by atoms with Gasteiger partial charge in [0.25, 0.3) is 0 Å². The fraction of sp³-hybridized carbons (Fsp3) is 0.842. The summed E-state index contributed by atoms with van der Waals surface area (Å²) >= 11 is 2.09. The highest BCUT2D eigenvalue weighted by Crippen LogP contribution is 2.59. The molecule has 6 nitrogen and oxygen atoms in total. The Morgan fingerprint density at radius 1 is 1.23 bits per heavy atom.